The van der Waals surface area contributed by atoms with Crippen molar-refractivity contribution in [1.29, 1.82) is 0 Å². The summed E-state index contributed by atoms with van der Waals surface area (Å²) in [6.07, 6.45) is 7.29. The van der Waals surface area contributed by atoms with Gasteiger partial charge in [0, 0.05) is 18.0 Å². The predicted octanol–water partition coefficient (Wildman–Crippen LogP) is 3.88. The van der Waals surface area contributed by atoms with Crippen molar-refractivity contribution in [2.75, 3.05) is 6.61 Å². The molecule has 3 nitrogen and oxygen atoms in total. The van der Waals surface area contributed by atoms with Gasteiger partial charge in [0.2, 0.25) is 0 Å². The summed E-state index contributed by atoms with van der Waals surface area (Å²) in [6, 6.07) is 7.89. The average Bonchev–Trinajstić information content (AvgIpc) is 2.47. The maximum absolute atomic E-state index is 5.42. The van der Waals surface area contributed by atoms with Crippen LogP contribution in [0.3, 0.4) is 0 Å². The Hall–Kier alpha value is -1.90. The van der Waals surface area contributed by atoms with Crippen LogP contribution in [0.2, 0.25) is 0 Å². The molecule has 0 bridgehead atoms. The number of aromatic nitrogens is 2. The molecule has 0 fully saturated rings. The van der Waals surface area contributed by atoms with E-state index in [9.17, 15) is 0 Å². The summed E-state index contributed by atoms with van der Waals surface area (Å²) in [6.45, 7) is 4.85. The quantitative estimate of drug-likeness (QED) is 0.786. The highest BCUT2D eigenvalue weighted by Gasteiger charge is 2.02. The lowest BCUT2D eigenvalue weighted by Crippen LogP contribution is -1.94. The number of aryl methyl sites for hydroxylation is 1. The van der Waals surface area contributed by atoms with E-state index in [1.54, 1.807) is 0 Å². The zero-order valence-corrected chi connectivity index (χ0v) is 11.6. The van der Waals surface area contributed by atoms with Crippen LogP contribution in [0, 0.1) is 0 Å². The van der Waals surface area contributed by atoms with E-state index in [1.807, 2.05) is 43.6 Å². The van der Waals surface area contributed by atoms with Crippen molar-refractivity contribution in [1.82, 2.24) is 9.97 Å². The highest BCUT2D eigenvalue weighted by Crippen LogP contribution is 2.19. The third-order valence-electron chi connectivity index (χ3n) is 2.95. The molecule has 0 spiro atoms. The Bertz CT molecular complexity index is 491. The number of rotatable bonds is 6. The van der Waals surface area contributed by atoms with Crippen molar-refractivity contribution in [3.63, 3.8) is 0 Å². The summed E-state index contributed by atoms with van der Waals surface area (Å²) in [5, 5.41) is 0. The Balaban J connectivity index is 2.08. The first-order chi connectivity index (χ1) is 9.33. The molecule has 1 heterocycles. The molecule has 1 aromatic carbocycles. The summed E-state index contributed by atoms with van der Waals surface area (Å²) in [5.74, 6) is 1.65. The highest BCUT2D eigenvalue weighted by atomic mass is 16.5. The van der Waals surface area contributed by atoms with Crippen LogP contribution >= 0.6 is 0 Å². The molecule has 19 heavy (non-hydrogen) atoms. The molecule has 0 radical (unpaired) electrons. The first-order valence-corrected chi connectivity index (χ1v) is 6.87. The molecule has 0 aliphatic carbocycles. The molecule has 1 aromatic heterocycles. The highest BCUT2D eigenvalue weighted by molar-refractivity contribution is 5.55. The molecule has 0 saturated heterocycles. The van der Waals surface area contributed by atoms with Crippen molar-refractivity contribution in [3.05, 3.63) is 42.2 Å². The van der Waals surface area contributed by atoms with Gasteiger partial charge >= 0.3 is 0 Å². The van der Waals surface area contributed by atoms with Gasteiger partial charge in [0.1, 0.15) is 5.75 Å². The van der Waals surface area contributed by atoms with E-state index in [4.69, 9.17) is 4.74 Å². The molecule has 0 aliphatic heterocycles. The first-order valence-electron chi connectivity index (χ1n) is 6.87. The third-order valence-corrected chi connectivity index (χ3v) is 2.95. The monoisotopic (exact) mass is 256 g/mol. The normalized spacial score (nSPS) is 10.4. The minimum absolute atomic E-state index is 0.683. The van der Waals surface area contributed by atoms with Gasteiger partial charge in [-0.05, 0) is 49.6 Å². The van der Waals surface area contributed by atoms with Crippen molar-refractivity contribution in [2.45, 2.75) is 33.1 Å². The van der Waals surface area contributed by atoms with Crippen LogP contribution in [-0.4, -0.2) is 16.6 Å². The summed E-state index contributed by atoms with van der Waals surface area (Å²) >= 11 is 0. The molecular weight excluding hydrogens is 236 g/mol. The van der Waals surface area contributed by atoms with Gasteiger partial charge in [0.05, 0.1) is 6.61 Å². The Morgan fingerprint density at radius 3 is 2.26 bits per heavy atom. The second-order valence-electron chi connectivity index (χ2n) is 4.48. The molecule has 100 valence electrons. The predicted molar refractivity (Wildman–Crippen MR) is 77.2 cm³/mol. The Labute approximate surface area is 114 Å². The maximum Gasteiger partial charge on any atom is 0.159 e. The Morgan fingerprint density at radius 1 is 1.00 bits per heavy atom. The van der Waals surface area contributed by atoms with E-state index in [0.717, 1.165) is 23.6 Å². The minimum Gasteiger partial charge on any atom is -0.494 e. The molecule has 2 aromatic rings. The van der Waals surface area contributed by atoms with Crippen LogP contribution in [0.4, 0.5) is 0 Å². The van der Waals surface area contributed by atoms with Crippen molar-refractivity contribution < 1.29 is 4.74 Å². The van der Waals surface area contributed by atoms with Gasteiger partial charge in [0.15, 0.2) is 5.82 Å². The number of unbranched alkanes of at least 4 members (excludes halogenated alkanes) is 1. The second kappa shape index (κ2) is 6.88. The number of hydrogen-bond acceptors (Lipinski definition) is 3. The molecule has 0 aliphatic rings. The standard InChI is InChI=1S/C16H20N2O/c1-3-5-6-13-11-17-16(18-12-13)14-7-9-15(10-8-14)19-4-2/h7-12H,3-6H2,1-2H3. The van der Waals surface area contributed by atoms with E-state index in [1.165, 1.54) is 18.4 Å². The lowest BCUT2D eigenvalue weighted by atomic mass is 10.1. The lowest BCUT2D eigenvalue weighted by molar-refractivity contribution is 0.340. The van der Waals surface area contributed by atoms with Crippen LogP contribution in [-0.2, 0) is 6.42 Å². The molecule has 0 saturated carbocycles. The third kappa shape index (κ3) is 3.78. The summed E-state index contributed by atoms with van der Waals surface area (Å²) in [7, 11) is 0. The number of nitrogens with zero attached hydrogens (tertiary/aromatic N) is 2. The van der Waals surface area contributed by atoms with Crippen LogP contribution in [0.15, 0.2) is 36.7 Å². The van der Waals surface area contributed by atoms with E-state index >= 15 is 0 Å². The van der Waals surface area contributed by atoms with Gasteiger partial charge in [0.25, 0.3) is 0 Å². The van der Waals surface area contributed by atoms with Crippen LogP contribution in [0.25, 0.3) is 11.4 Å². The van der Waals surface area contributed by atoms with Gasteiger partial charge < -0.3 is 4.74 Å². The van der Waals surface area contributed by atoms with Gasteiger partial charge in [-0.25, -0.2) is 9.97 Å². The molecule has 3 heteroatoms. The number of ether oxygens (including phenoxy) is 1. The summed E-state index contributed by atoms with van der Waals surface area (Å²) in [4.78, 5) is 8.85. The van der Waals surface area contributed by atoms with E-state index in [-0.39, 0.29) is 0 Å². The zero-order valence-electron chi connectivity index (χ0n) is 11.6. The SMILES string of the molecule is CCCCc1cnc(-c2ccc(OCC)cc2)nc1. The molecule has 0 N–H and O–H groups in total. The van der Waals surface area contributed by atoms with Gasteiger partial charge in [-0.1, -0.05) is 13.3 Å². The van der Waals surface area contributed by atoms with Crippen LogP contribution in [0.5, 0.6) is 5.75 Å². The van der Waals surface area contributed by atoms with Gasteiger partial charge in [-0.15, -0.1) is 0 Å². The lowest BCUT2D eigenvalue weighted by Gasteiger charge is -2.05. The smallest absolute Gasteiger partial charge is 0.159 e. The zero-order chi connectivity index (χ0) is 13.5. The van der Waals surface area contributed by atoms with E-state index < -0.39 is 0 Å². The molecule has 0 amide bonds. The number of hydrogen-bond donors (Lipinski definition) is 0. The first kappa shape index (κ1) is 13.5. The van der Waals surface area contributed by atoms with Crippen LogP contribution in [0.1, 0.15) is 32.3 Å². The topological polar surface area (TPSA) is 35.0 Å². The van der Waals surface area contributed by atoms with Crippen LogP contribution < -0.4 is 4.74 Å². The van der Waals surface area contributed by atoms with Gasteiger partial charge in [-0.2, -0.15) is 0 Å². The Morgan fingerprint density at radius 2 is 1.68 bits per heavy atom. The second-order valence-corrected chi connectivity index (χ2v) is 4.48. The van der Waals surface area contributed by atoms with Gasteiger partial charge in [-0.3, -0.25) is 0 Å². The average molecular weight is 256 g/mol. The van der Waals surface area contributed by atoms with Crippen molar-refractivity contribution in [2.24, 2.45) is 0 Å². The molecule has 2 rings (SSSR count). The molecule has 0 atom stereocenters. The largest absolute Gasteiger partial charge is 0.494 e. The van der Waals surface area contributed by atoms with Crippen molar-refractivity contribution in [3.8, 4) is 17.1 Å². The summed E-state index contributed by atoms with van der Waals surface area (Å²) in [5.41, 5.74) is 2.22. The fraction of sp³-hybridized carbons (Fsp3) is 0.375. The van der Waals surface area contributed by atoms with E-state index in [2.05, 4.69) is 16.9 Å². The minimum atomic E-state index is 0.683. The van der Waals surface area contributed by atoms with E-state index in [0.29, 0.717) is 6.61 Å². The Kier molecular flexibility index (Phi) is 4.90. The molecule has 0 unspecified atom stereocenters. The molecular formula is C16H20N2O. The van der Waals surface area contributed by atoms with Crippen molar-refractivity contribution >= 4 is 0 Å². The number of benzene rings is 1. The fourth-order valence-electron chi connectivity index (χ4n) is 1.88. The maximum atomic E-state index is 5.42. The summed E-state index contributed by atoms with van der Waals surface area (Å²) < 4.78 is 5.42. The fourth-order valence-corrected chi connectivity index (χ4v) is 1.88.